The molecule has 0 aromatic carbocycles. The number of aromatic nitrogens is 2. The van der Waals surface area contributed by atoms with E-state index in [9.17, 15) is 9.59 Å². The van der Waals surface area contributed by atoms with Gasteiger partial charge in [0.1, 0.15) is 0 Å². The Morgan fingerprint density at radius 3 is 2.95 bits per heavy atom. The van der Waals surface area contributed by atoms with E-state index in [-0.39, 0.29) is 17.9 Å². The monoisotopic (exact) mass is 278 g/mol. The van der Waals surface area contributed by atoms with Gasteiger partial charge in [0.05, 0.1) is 29.7 Å². The van der Waals surface area contributed by atoms with Gasteiger partial charge in [0.2, 0.25) is 5.91 Å². The highest BCUT2D eigenvalue weighted by Crippen LogP contribution is 2.24. The van der Waals surface area contributed by atoms with E-state index in [0.717, 1.165) is 11.4 Å². The molecule has 0 spiro atoms. The number of nitrogens with one attached hydrogen (secondary N) is 2. The van der Waals surface area contributed by atoms with Crippen molar-refractivity contribution in [2.24, 2.45) is 11.8 Å². The molecule has 1 aromatic heterocycles. The molecule has 1 saturated heterocycles. The molecule has 0 aliphatic carbocycles. The first kappa shape index (κ1) is 13.1. The Kier molecular flexibility index (Phi) is 3.21. The van der Waals surface area contributed by atoms with Crippen LogP contribution < -0.4 is 5.32 Å². The Balaban J connectivity index is 1.67. The number of carbonyl (C=O) groups excluding carboxylic acids is 1. The zero-order chi connectivity index (χ0) is 14.3. The van der Waals surface area contributed by atoms with Crippen LogP contribution in [0.25, 0.3) is 0 Å². The van der Waals surface area contributed by atoms with Gasteiger partial charge in [-0.2, -0.15) is 0 Å². The number of rotatable bonds is 2. The van der Waals surface area contributed by atoms with Gasteiger partial charge in [-0.3, -0.25) is 14.9 Å². The number of likely N-dealkylation sites (tertiary alicyclic amines) is 1. The zero-order valence-electron chi connectivity index (χ0n) is 11.3. The number of nitrogens with zero attached hydrogens (tertiary/aromatic N) is 2. The van der Waals surface area contributed by atoms with E-state index >= 15 is 0 Å². The number of aliphatic carboxylic acids is 1. The maximum Gasteiger partial charge on any atom is 0.308 e. The van der Waals surface area contributed by atoms with E-state index in [2.05, 4.69) is 15.3 Å². The molecule has 7 nitrogen and oxygen atoms in total. The lowest BCUT2D eigenvalue weighted by atomic mass is 9.99. The molecule has 7 heteroatoms. The molecule has 20 heavy (non-hydrogen) atoms. The van der Waals surface area contributed by atoms with Gasteiger partial charge in [0.15, 0.2) is 0 Å². The number of amides is 1. The molecule has 1 unspecified atom stereocenters. The second kappa shape index (κ2) is 4.90. The number of fused-ring (bicyclic) bond motifs is 1. The van der Waals surface area contributed by atoms with Crippen LogP contribution in [0.4, 0.5) is 0 Å². The van der Waals surface area contributed by atoms with Crippen LogP contribution in [0.3, 0.4) is 0 Å². The van der Waals surface area contributed by atoms with Crippen LogP contribution in [-0.4, -0.2) is 51.0 Å². The SMILES string of the molecule is C[C@@H]1CN(C(=O)C2Cc3nc[nH]c3CN2)C[C@H]1C(=O)O. The molecule has 2 aliphatic rings. The molecule has 0 saturated carbocycles. The molecule has 108 valence electrons. The third kappa shape index (κ3) is 2.18. The van der Waals surface area contributed by atoms with Crippen LogP contribution in [0.5, 0.6) is 0 Å². The van der Waals surface area contributed by atoms with Gasteiger partial charge in [0.25, 0.3) is 0 Å². The highest BCUT2D eigenvalue weighted by Gasteiger charge is 2.39. The summed E-state index contributed by atoms with van der Waals surface area (Å²) in [6, 6.07) is -0.300. The maximum absolute atomic E-state index is 12.5. The van der Waals surface area contributed by atoms with E-state index in [1.807, 2.05) is 6.92 Å². The highest BCUT2D eigenvalue weighted by molar-refractivity contribution is 5.84. The van der Waals surface area contributed by atoms with Crippen molar-refractivity contribution in [1.82, 2.24) is 20.2 Å². The summed E-state index contributed by atoms with van der Waals surface area (Å²) in [6.45, 7) is 3.30. The van der Waals surface area contributed by atoms with E-state index in [0.29, 0.717) is 26.1 Å². The van der Waals surface area contributed by atoms with E-state index in [4.69, 9.17) is 5.11 Å². The fourth-order valence-corrected chi connectivity index (χ4v) is 3.03. The van der Waals surface area contributed by atoms with Crippen molar-refractivity contribution >= 4 is 11.9 Å². The number of H-pyrrole nitrogens is 1. The summed E-state index contributed by atoms with van der Waals surface area (Å²) in [5, 5.41) is 12.3. The second-order valence-corrected chi connectivity index (χ2v) is 5.63. The van der Waals surface area contributed by atoms with Crippen LogP contribution in [0.15, 0.2) is 6.33 Å². The normalized spacial score (nSPS) is 29.2. The number of hydrogen-bond donors (Lipinski definition) is 3. The maximum atomic E-state index is 12.5. The van der Waals surface area contributed by atoms with Crippen LogP contribution in [0.1, 0.15) is 18.3 Å². The fraction of sp³-hybridized carbons (Fsp3) is 0.615. The largest absolute Gasteiger partial charge is 0.481 e. The third-order valence-electron chi connectivity index (χ3n) is 4.27. The molecule has 2 aliphatic heterocycles. The minimum Gasteiger partial charge on any atom is -0.481 e. The van der Waals surface area contributed by atoms with Gasteiger partial charge in [-0.1, -0.05) is 6.92 Å². The number of carboxylic acid groups (broad SMARTS) is 1. The molecule has 3 rings (SSSR count). The number of hydrogen-bond acceptors (Lipinski definition) is 4. The molecule has 1 aromatic rings. The number of carboxylic acids is 1. The average Bonchev–Trinajstić information content (AvgIpc) is 3.02. The van der Waals surface area contributed by atoms with Crippen molar-refractivity contribution in [2.75, 3.05) is 13.1 Å². The molecular formula is C13H18N4O3. The van der Waals surface area contributed by atoms with Gasteiger partial charge in [0, 0.05) is 26.1 Å². The minimum absolute atomic E-state index is 0.000912. The Morgan fingerprint density at radius 2 is 2.25 bits per heavy atom. The van der Waals surface area contributed by atoms with Crippen molar-refractivity contribution < 1.29 is 14.7 Å². The lowest BCUT2D eigenvalue weighted by molar-refractivity contribution is -0.142. The van der Waals surface area contributed by atoms with Gasteiger partial charge in [-0.15, -0.1) is 0 Å². The van der Waals surface area contributed by atoms with Crippen molar-refractivity contribution in [3.05, 3.63) is 17.7 Å². The van der Waals surface area contributed by atoms with Crippen molar-refractivity contribution in [3.63, 3.8) is 0 Å². The third-order valence-corrected chi connectivity index (χ3v) is 4.27. The summed E-state index contributed by atoms with van der Waals surface area (Å²) >= 11 is 0. The van der Waals surface area contributed by atoms with Gasteiger partial charge in [-0.05, 0) is 5.92 Å². The topological polar surface area (TPSA) is 98.3 Å². The van der Waals surface area contributed by atoms with Gasteiger partial charge < -0.3 is 15.0 Å². The van der Waals surface area contributed by atoms with Crippen LogP contribution in [0.2, 0.25) is 0 Å². The molecular weight excluding hydrogens is 260 g/mol. The average molecular weight is 278 g/mol. The lowest BCUT2D eigenvalue weighted by Crippen LogP contribution is -2.49. The summed E-state index contributed by atoms with van der Waals surface area (Å²) in [7, 11) is 0. The summed E-state index contributed by atoms with van der Waals surface area (Å²) in [4.78, 5) is 32.5. The van der Waals surface area contributed by atoms with Crippen LogP contribution in [0, 0.1) is 11.8 Å². The number of carbonyl (C=O) groups is 2. The highest BCUT2D eigenvalue weighted by atomic mass is 16.4. The molecule has 1 amide bonds. The molecule has 3 heterocycles. The van der Waals surface area contributed by atoms with Crippen LogP contribution >= 0.6 is 0 Å². The molecule has 1 fully saturated rings. The van der Waals surface area contributed by atoms with Crippen molar-refractivity contribution in [2.45, 2.75) is 25.9 Å². The first-order valence-corrected chi connectivity index (χ1v) is 6.82. The summed E-state index contributed by atoms with van der Waals surface area (Å²) in [5.41, 5.74) is 1.94. The molecule has 0 bridgehead atoms. The Bertz CT molecular complexity index is 541. The summed E-state index contributed by atoms with van der Waals surface area (Å²) in [6.07, 6.45) is 2.19. The predicted molar refractivity (Wildman–Crippen MR) is 69.8 cm³/mol. The fourth-order valence-electron chi connectivity index (χ4n) is 3.03. The molecule has 3 atom stereocenters. The smallest absolute Gasteiger partial charge is 0.308 e. The molecule has 3 N–H and O–H groups in total. The first-order valence-electron chi connectivity index (χ1n) is 6.82. The van der Waals surface area contributed by atoms with Crippen LogP contribution in [-0.2, 0) is 22.6 Å². The predicted octanol–water partition coefficient (Wildman–Crippen LogP) is -0.397. The van der Waals surface area contributed by atoms with Crippen molar-refractivity contribution in [3.8, 4) is 0 Å². The van der Waals surface area contributed by atoms with Gasteiger partial charge >= 0.3 is 5.97 Å². The summed E-state index contributed by atoms with van der Waals surface area (Å²) < 4.78 is 0. The first-order chi connectivity index (χ1) is 9.56. The summed E-state index contributed by atoms with van der Waals surface area (Å²) in [5.74, 6) is -1.29. The van der Waals surface area contributed by atoms with Gasteiger partial charge in [-0.25, -0.2) is 4.98 Å². The standard InChI is InChI=1S/C13H18N4O3/c1-7-4-17(5-8(7)13(19)20)12(18)10-2-9-11(3-14-10)16-6-15-9/h6-8,10,14H,2-5H2,1H3,(H,15,16)(H,19,20)/t7-,8-,10?/m1/s1. The second-order valence-electron chi connectivity index (χ2n) is 5.63. The number of imidazole rings is 1. The quantitative estimate of drug-likeness (QED) is 0.684. The minimum atomic E-state index is -0.820. The Labute approximate surface area is 116 Å². The zero-order valence-corrected chi connectivity index (χ0v) is 11.3. The van der Waals surface area contributed by atoms with E-state index in [1.54, 1.807) is 11.2 Å². The van der Waals surface area contributed by atoms with Crippen molar-refractivity contribution in [1.29, 1.82) is 0 Å². The molecule has 0 radical (unpaired) electrons. The Morgan fingerprint density at radius 1 is 1.45 bits per heavy atom. The Hall–Kier alpha value is -1.89. The lowest BCUT2D eigenvalue weighted by Gasteiger charge is -2.26. The van der Waals surface area contributed by atoms with E-state index in [1.165, 1.54) is 0 Å². The van der Waals surface area contributed by atoms with E-state index < -0.39 is 11.9 Å². The number of aromatic amines is 1.